The number of carbonyl (C=O) groups excluding carboxylic acids is 1. The number of hydrogen-bond acceptors (Lipinski definition) is 2. The summed E-state index contributed by atoms with van der Waals surface area (Å²) in [6.45, 7) is 5.49. The Hall–Kier alpha value is -1.55. The van der Waals surface area contributed by atoms with Crippen LogP contribution in [0.15, 0.2) is 18.2 Å². The van der Waals surface area contributed by atoms with Gasteiger partial charge in [0.15, 0.2) is 0 Å². The summed E-state index contributed by atoms with van der Waals surface area (Å²) < 4.78 is 0. The molecule has 4 nitrogen and oxygen atoms in total. The van der Waals surface area contributed by atoms with Gasteiger partial charge >= 0.3 is 6.03 Å². The SMILES string of the molecule is Cc1cccc(CNC(=O)N2CCCC[C@H]2CO)c1C. The highest BCUT2D eigenvalue weighted by Gasteiger charge is 2.25. The van der Waals surface area contributed by atoms with Crippen LogP contribution in [0.25, 0.3) is 0 Å². The highest BCUT2D eigenvalue weighted by Crippen LogP contribution is 2.17. The Morgan fingerprint density at radius 3 is 2.95 bits per heavy atom. The Kier molecular flexibility index (Phi) is 5.01. The molecular weight excluding hydrogens is 252 g/mol. The number of nitrogens with zero attached hydrogens (tertiary/aromatic N) is 1. The maximum atomic E-state index is 12.2. The van der Waals surface area contributed by atoms with E-state index in [0.717, 1.165) is 31.4 Å². The molecule has 1 aromatic carbocycles. The van der Waals surface area contributed by atoms with Crippen LogP contribution in [-0.4, -0.2) is 35.2 Å². The van der Waals surface area contributed by atoms with E-state index in [0.29, 0.717) is 6.54 Å². The number of benzene rings is 1. The third kappa shape index (κ3) is 3.31. The van der Waals surface area contributed by atoms with Crippen LogP contribution in [0.3, 0.4) is 0 Å². The number of rotatable bonds is 3. The lowest BCUT2D eigenvalue weighted by atomic mass is 10.0. The number of amides is 2. The van der Waals surface area contributed by atoms with E-state index in [4.69, 9.17) is 0 Å². The lowest BCUT2D eigenvalue weighted by Crippen LogP contribution is -2.49. The van der Waals surface area contributed by atoms with Gasteiger partial charge in [0.25, 0.3) is 0 Å². The van der Waals surface area contributed by atoms with Crippen LogP contribution >= 0.6 is 0 Å². The second-order valence-electron chi connectivity index (χ2n) is 5.54. The van der Waals surface area contributed by atoms with Crippen LogP contribution in [0.2, 0.25) is 0 Å². The number of carbonyl (C=O) groups is 1. The van der Waals surface area contributed by atoms with E-state index in [1.54, 1.807) is 4.90 Å². The monoisotopic (exact) mass is 276 g/mol. The third-order valence-electron chi connectivity index (χ3n) is 4.25. The maximum absolute atomic E-state index is 12.2. The van der Waals surface area contributed by atoms with Gasteiger partial charge in [-0.25, -0.2) is 4.79 Å². The average Bonchev–Trinajstić information content (AvgIpc) is 2.48. The zero-order chi connectivity index (χ0) is 14.5. The van der Waals surface area contributed by atoms with E-state index < -0.39 is 0 Å². The number of hydrogen-bond donors (Lipinski definition) is 2. The number of nitrogens with one attached hydrogen (secondary N) is 1. The Balaban J connectivity index is 1.96. The predicted octanol–water partition coefficient (Wildman–Crippen LogP) is 2.36. The smallest absolute Gasteiger partial charge is 0.317 e. The Labute approximate surface area is 120 Å². The van der Waals surface area contributed by atoms with Gasteiger partial charge in [0.05, 0.1) is 12.6 Å². The standard InChI is InChI=1S/C16H24N2O2/c1-12-6-5-7-14(13(12)2)10-17-16(20)18-9-4-3-8-15(18)11-19/h5-7,15,19H,3-4,8-11H2,1-2H3,(H,17,20)/t15-/m0/s1. The van der Waals surface area contributed by atoms with E-state index in [1.165, 1.54) is 11.1 Å². The largest absolute Gasteiger partial charge is 0.394 e. The molecule has 0 radical (unpaired) electrons. The maximum Gasteiger partial charge on any atom is 0.317 e. The number of piperidine rings is 1. The molecule has 0 spiro atoms. The normalized spacial score (nSPS) is 18.9. The third-order valence-corrected chi connectivity index (χ3v) is 4.25. The summed E-state index contributed by atoms with van der Waals surface area (Å²) in [6, 6.07) is 6.04. The zero-order valence-electron chi connectivity index (χ0n) is 12.4. The molecule has 1 aliphatic rings. The van der Waals surface area contributed by atoms with Crippen LogP contribution in [0, 0.1) is 13.8 Å². The van der Waals surface area contributed by atoms with Gasteiger partial charge in [-0.3, -0.25) is 0 Å². The van der Waals surface area contributed by atoms with Gasteiger partial charge in [0.2, 0.25) is 0 Å². The molecule has 0 aromatic heterocycles. The fourth-order valence-corrected chi connectivity index (χ4v) is 2.73. The van der Waals surface area contributed by atoms with Crippen LogP contribution in [0.5, 0.6) is 0 Å². The lowest BCUT2D eigenvalue weighted by Gasteiger charge is -2.34. The summed E-state index contributed by atoms with van der Waals surface area (Å²) in [5, 5.41) is 12.3. The van der Waals surface area contributed by atoms with Gasteiger partial charge in [-0.15, -0.1) is 0 Å². The van der Waals surface area contributed by atoms with Crippen molar-refractivity contribution in [2.45, 2.75) is 45.7 Å². The highest BCUT2D eigenvalue weighted by atomic mass is 16.3. The summed E-state index contributed by atoms with van der Waals surface area (Å²) in [5.74, 6) is 0. The first-order chi connectivity index (χ1) is 9.63. The lowest BCUT2D eigenvalue weighted by molar-refractivity contribution is 0.108. The molecule has 2 amide bonds. The Morgan fingerprint density at radius 2 is 2.20 bits per heavy atom. The minimum absolute atomic E-state index is 0.0256. The van der Waals surface area contributed by atoms with Gasteiger partial charge in [-0.2, -0.15) is 0 Å². The quantitative estimate of drug-likeness (QED) is 0.890. The van der Waals surface area contributed by atoms with Crippen molar-refractivity contribution in [2.24, 2.45) is 0 Å². The first kappa shape index (κ1) is 14.9. The van der Waals surface area contributed by atoms with E-state index in [9.17, 15) is 9.90 Å². The van der Waals surface area contributed by atoms with Crippen molar-refractivity contribution in [1.82, 2.24) is 10.2 Å². The van der Waals surface area contributed by atoms with Crippen LogP contribution in [-0.2, 0) is 6.54 Å². The summed E-state index contributed by atoms with van der Waals surface area (Å²) in [4.78, 5) is 14.0. The molecule has 4 heteroatoms. The molecule has 0 aliphatic carbocycles. The second kappa shape index (κ2) is 6.75. The molecule has 2 rings (SSSR count). The van der Waals surface area contributed by atoms with Crippen molar-refractivity contribution in [3.05, 3.63) is 34.9 Å². The molecule has 2 N–H and O–H groups in total. The number of aliphatic hydroxyl groups excluding tert-OH is 1. The van der Waals surface area contributed by atoms with E-state index in [2.05, 4.69) is 25.2 Å². The van der Waals surface area contributed by atoms with Gasteiger partial charge in [0.1, 0.15) is 0 Å². The van der Waals surface area contributed by atoms with E-state index in [-0.39, 0.29) is 18.7 Å². The van der Waals surface area contributed by atoms with Crippen molar-refractivity contribution in [1.29, 1.82) is 0 Å². The minimum Gasteiger partial charge on any atom is -0.394 e. The fraction of sp³-hybridized carbons (Fsp3) is 0.562. The molecule has 1 fully saturated rings. The van der Waals surface area contributed by atoms with Crippen molar-refractivity contribution in [3.8, 4) is 0 Å². The summed E-state index contributed by atoms with van der Waals surface area (Å²) in [5.41, 5.74) is 3.61. The molecule has 1 aliphatic heterocycles. The summed E-state index contributed by atoms with van der Waals surface area (Å²) in [6.07, 6.45) is 3.01. The van der Waals surface area contributed by atoms with E-state index >= 15 is 0 Å². The molecule has 1 atom stereocenters. The highest BCUT2D eigenvalue weighted by molar-refractivity contribution is 5.74. The first-order valence-electron chi connectivity index (χ1n) is 7.34. The molecule has 0 bridgehead atoms. The molecule has 1 heterocycles. The molecule has 0 saturated carbocycles. The minimum atomic E-state index is -0.0651. The number of aryl methyl sites for hydroxylation is 1. The number of urea groups is 1. The molecule has 1 aromatic rings. The number of likely N-dealkylation sites (tertiary alicyclic amines) is 1. The van der Waals surface area contributed by atoms with Crippen LogP contribution in [0.4, 0.5) is 4.79 Å². The first-order valence-corrected chi connectivity index (χ1v) is 7.34. The van der Waals surface area contributed by atoms with Crippen molar-refractivity contribution in [2.75, 3.05) is 13.2 Å². The second-order valence-corrected chi connectivity index (χ2v) is 5.54. The van der Waals surface area contributed by atoms with Crippen LogP contribution < -0.4 is 5.32 Å². The van der Waals surface area contributed by atoms with Crippen molar-refractivity contribution >= 4 is 6.03 Å². The Bertz CT molecular complexity index is 474. The predicted molar refractivity (Wildman–Crippen MR) is 79.6 cm³/mol. The van der Waals surface area contributed by atoms with Crippen molar-refractivity contribution in [3.63, 3.8) is 0 Å². The number of aliphatic hydroxyl groups is 1. The van der Waals surface area contributed by atoms with Gasteiger partial charge in [0, 0.05) is 13.1 Å². The van der Waals surface area contributed by atoms with Gasteiger partial charge < -0.3 is 15.3 Å². The van der Waals surface area contributed by atoms with Gasteiger partial charge in [-0.05, 0) is 49.8 Å². The molecular formula is C16H24N2O2. The molecule has 1 saturated heterocycles. The average molecular weight is 276 g/mol. The van der Waals surface area contributed by atoms with Crippen LogP contribution in [0.1, 0.15) is 36.0 Å². The summed E-state index contributed by atoms with van der Waals surface area (Å²) in [7, 11) is 0. The van der Waals surface area contributed by atoms with E-state index in [1.807, 2.05) is 12.1 Å². The molecule has 20 heavy (non-hydrogen) atoms. The van der Waals surface area contributed by atoms with Crippen molar-refractivity contribution < 1.29 is 9.90 Å². The molecule has 110 valence electrons. The Morgan fingerprint density at radius 1 is 1.40 bits per heavy atom. The van der Waals surface area contributed by atoms with Gasteiger partial charge in [-0.1, -0.05) is 18.2 Å². The molecule has 0 unspecified atom stereocenters. The topological polar surface area (TPSA) is 52.6 Å². The summed E-state index contributed by atoms with van der Waals surface area (Å²) >= 11 is 0. The zero-order valence-corrected chi connectivity index (χ0v) is 12.4. The fourth-order valence-electron chi connectivity index (χ4n) is 2.73.